The van der Waals surface area contributed by atoms with Crippen molar-refractivity contribution in [2.24, 2.45) is 5.10 Å². The number of carbonyl (C=O) groups excluding carboxylic acids is 2. The highest BCUT2D eigenvalue weighted by atomic mass is 35.5. The third-order valence-electron chi connectivity index (χ3n) is 2.45. The van der Waals surface area contributed by atoms with Crippen LogP contribution < -0.4 is 10.7 Å². The fourth-order valence-electron chi connectivity index (χ4n) is 1.43. The normalized spacial score (nSPS) is 10.5. The van der Waals surface area contributed by atoms with Gasteiger partial charge in [0, 0.05) is 23.6 Å². The number of halogens is 2. The van der Waals surface area contributed by atoms with Gasteiger partial charge in [0.2, 0.25) is 0 Å². The minimum absolute atomic E-state index is 0.159. The second kappa shape index (κ2) is 7.28. The van der Waals surface area contributed by atoms with E-state index in [9.17, 15) is 14.0 Å². The lowest BCUT2D eigenvalue weighted by molar-refractivity contribution is -0.136. The van der Waals surface area contributed by atoms with E-state index < -0.39 is 17.6 Å². The predicted molar refractivity (Wildman–Crippen MR) is 80.0 cm³/mol. The lowest BCUT2D eigenvalue weighted by Crippen LogP contribution is -2.32. The molecule has 8 heteroatoms. The SMILES string of the molecule is O=C(N/N=C/c1cccnc1)C(=O)Nc1ccc(F)c(Cl)c1. The van der Waals surface area contributed by atoms with Gasteiger partial charge in [-0.3, -0.25) is 14.6 Å². The van der Waals surface area contributed by atoms with Gasteiger partial charge < -0.3 is 5.32 Å². The van der Waals surface area contributed by atoms with Gasteiger partial charge in [-0.15, -0.1) is 0 Å². The minimum atomic E-state index is -0.972. The molecule has 0 saturated heterocycles. The highest BCUT2D eigenvalue weighted by molar-refractivity contribution is 6.39. The van der Waals surface area contributed by atoms with E-state index >= 15 is 0 Å². The third kappa shape index (κ3) is 4.35. The van der Waals surface area contributed by atoms with Gasteiger partial charge in [-0.05, 0) is 24.3 Å². The van der Waals surface area contributed by atoms with E-state index in [1.54, 1.807) is 18.3 Å². The molecule has 1 aromatic carbocycles. The number of aromatic nitrogens is 1. The van der Waals surface area contributed by atoms with E-state index in [0.29, 0.717) is 5.56 Å². The summed E-state index contributed by atoms with van der Waals surface area (Å²) < 4.78 is 13.0. The summed E-state index contributed by atoms with van der Waals surface area (Å²) in [7, 11) is 0. The number of hydrazone groups is 1. The highest BCUT2D eigenvalue weighted by Crippen LogP contribution is 2.19. The van der Waals surface area contributed by atoms with E-state index in [4.69, 9.17) is 11.6 Å². The maximum atomic E-state index is 13.0. The van der Waals surface area contributed by atoms with Crippen molar-refractivity contribution < 1.29 is 14.0 Å². The van der Waals surface area contributed by atoms with Gasteiger partial charge in [0.25, 0.3) is 0 Å². The molecule has 2 N–H and O–H groups in total. The van der Waals surface area contributed by atoms with Gasteiger partial charge in [-0.25, -0.2) is 9.82 Å². The van der Waals surface area contributed by atoms with Crippen LogP contribution in [0.2, 0.25) is 5.02 Å². The van der Waals surface area contributed by atoms with E-state index in [0.717, 1.165) is 6.07 Å². The van der Waals surface area contributed by atoms with Crippen molar-refractivity contribution in [1.29, 1.82) is 0 Å². The minimum Gasteiger partial charge on any atom is -0.318 e. The Hall–Kier alpha value is -2.80. The molecule has 0 aliphatic heterocycles. The molecule has 2 amide bonds. The average molecular weight is 321 g/mol. The Morgan fingerprint density at radius 3 is 2.77 bits per heavy atom. The Morgan fingerprint density at radius 1 is 1.27 bits per heavy atom. The van der Waals surface area contributed by atoms with Crippen LogP contribution in [0.5, 0.6) is 0 Å². The zero-order valence-electron chi connectivity index (χ0n) is 11.1. The topological polar surface area (TPSA) is 83.5 Å². The largest absolute Gasteiger partial charge is 0.329 e. The highest BCUT2D eigenvalue weighted by Gasteiger charge is 2.13. The van der Waals surface area contributed by atoms with Crippen LogP contribution in [-0.2, 0) is 9.59 Å². The van der Waals surface area contributed by atoms with E-state index in [2.05, 4.69) is 20.8 Å². The molecule has 2 rings (SSSR count). The first-order valence-electron chi connectivity index (χ1n) is 6.06. The molecule has 0 aliphatic rings. The Balaban J connectivity index is 1.90. The van der Waals surface area contributed by atoms with Crippen molar-refractivity contribution >= 4 is 35.3 Å². The molecule has 112 valence electrons. The molecule has 6 nitrogen and oxygen atoms in total. The Morgan fingerprint density at radius 2 is 2.09 bits per heavy atom. The van der Waals surface area contributed by atoms with Crippen molar-refractivity contribution in [3.8, 4) is 0 Å². The quantitative estimate of drug-likeness (QED) is 0.515. The van der Waals surface area contributed by atoms with Gasteiger partial charge in [-0.2, -0.15) is 5.10 Å². The van der Waals surface area contributed by atoms with Crippen LogP contribution in [-0.4, -0.2) is 23.0 Å². The zero-order chi connectivity index (χ0) is 15.9. The molecule has 0 saturated carbocycles. The summed E-state index contributed by atoms with van der Waals surface area (Å²) in [6.45, 7) is 0. The molecular weight excluding hydrogens is 311 g/mol. The molecule has 22 heavy (non-hydrogen) atoms. The van der Waals surface area contributed by atoms with Crippen LogP contribution >= 0.6 is 11.6 Å². The fraction of sp³-hybridized carbons (Fsp3) is 0. The summed E-state index contributed by atoms with van der Waals surface area (Å²) >= 11 is 5.57. The Labute approximate surface area is 130 Å². The number of nitrogens with zero attached hydrogens (tertiary/aromatic N) is 2. The number of nitrogens with one attached hydrogen (secondary N) is 2. The first kappa shape index (κ1) is 15.6. The smallest absolute Gasteiger partial charge is 0.318 e. The molecule has 0 unspecified atom stereocenters. The molecule has 0 fully saturated rings. The van der Waals surface area contributed by atoms with Crippen LogP contribution in [0.1, 0.15) is 5.56 Å². The number of amides is 2. The number of hydrogen-bond acceptors (Lipinski definition) is 4. The van der Waals surface area contributed by atoms with Gasteiger partial charge >= 0.3 is 11.8 Å². The second-order valence-electron chi connectivity index (χ2n) is 4.07. The maximum Gasteiger partial charge on any atom is 0.329 e. The first-order valence-corrected chi connectivity index (χ1v) is 6.43. The number of rotatable bonds is 3. The van der Waals surface area contributed by atoms with Crippen LogP contribution in [0.25, 0.3) is 0 Å². The molecule has 0 spiro atoms. The molecule has 0 aliphatic carbocycles. The van der Waals surface area contributed by atoms with Crippen molar-refractivity contribution in [2.75, 3.05) is 5.32 Å². The number of anilines is 1. The van der Waals surface area contributed by atoms with Crippen molar-refractivity contribution in [3.05, 3.63) is 59.1 Å². The fourth-order valence-corrected chi connectivity index (χ4v) is 1.61. The van der Waals surface area contributed by atoms with E-state index in [1.807, 2.05) is 0 Å². The molecule has 2 aromatic rings. The zero-order valence-corrected chi connectivity index (χ0v) is 11.8. The molecule has 1 aromatic heterocycles. The first-order chi connectivity index (χ1) is 10.6. The summed E-state index contributed by atoms with van der Waals surface area (Å²) in [5.41, 5.74) is 2.92. The van der Waals surface area contributed by atoms with Crippen LogP contribution in [0.3, 0.4) is 0 Å². The summed E-state index contributed by atoms with van der Waals surface area (Å²) in [6, 6.07) is 6.99. The Kier molecular flexibility index (Phi) is 5.16. The number of pyridine rings is 1. The summed E-state index contributed by atoms with van der Waals surface area (Å²) in [4.78, 5) is 27.0. The van der Waals surface area contributed by atoms with E-state index in [1.165, 1.54) is 24.5 Å². The number of hydrogen-bond donors (Lipinski definition) is 2. The van der Waals surface area contributed by atoms with Gasteiger partial charge in [0.05, 0.1) is 11.2 Å². The van der Waals surface area contributed by atoms with Gasteiger partial charge in [0.15, 0.2) is 0 Å². The molecule has 1 heterocycles. The van der Waals surface area contributed by atoms with Crippen molar-refractivity contribution in [2.45, 2.75) is 0 Å². The predicted octanol–water partition coefficient (Wildman–Crippen LogP) is 1.96. The van der Waals surface area contributed by atoms with Crippen molar-refractivity contribution in [3.63, 3.8) is 0 Å². The van der Waals surface area contributed by atoms with Gasteiger partial charge in [-0.1, -0.05) is 17.7 Å². The lowest BCUT2D eigenvalue weighted by Gasteiger charge is -2.04. The van der Waals surface area contributed by atoms with Crippen molar-refractivity contribution in [1.82, 2.24) is 10.4 Å². The summed E-state index contributed by atoms with van der Waals surface area (Å²) in [6.07, 6.45) is 4.47. The van der Waals surface area contributed by atoms with Crippen LogP contribution in [0.4, 0.5) is 10.1 Å². The second-order valence-corrected chi connectivity index (χ2v) is 4.48. The summed E-state index contributed by atoms with van der Waals surface area (Å²) in [5, 5.41) is 5.74. The maximum absolute atomic E-state index is 13.0. The average Bonchev–Trinajstić information content (AvgIpc) is 2.52. The monoisotopic (exact) mass is 320 g/mol. The molecule has 0 atom stereocenters. The molecule has 0 bridgehead atoms. The van der Waals surface area contributed by atoms with E-state index in [-0.39, 0.29) is 10.7 Å². The third-order valence-corrected chi connectivity index (χ3v) is 2.74. The van der Waals surface area contributed by atoms with Gasteiger partial charge in [0.1, 0.15) is 5.82 Å². The lowest BCUT2D eigenvalue weighted by atomic mass is 10.3. The van der Waals surface area contributed by atoms with Crippen LogP contribution in [0.15, 0.2) is 47.8 Å². The molecule has 0 radical (unpaired) electrons. The van der Waals surface area contributed by atoms with Crippen LogP contribution in [0, 0.1) is 5.82 Å². The Bertz CT molecular complexity index is 722. The standard InChI is InChI=1S/C14H10ClFN4O2/c15-11-6-10(3-4-12(11)16)19-13(21)14(22)20-18-8-9-2-1-5-17-7-9/h1-8H,(H,19,21)(H,20,22)/b18-8+. The summed E-state index contributed by atoms with van der Waals surface area (Å²) in [5.74, 6) is -2.54. The number of carbonyl (C=O) groups is 2. The number of benzene rings is 1. The molecular formula is C14H10ClFN4O2.